The van der Waals surface area contributed by atoms with Gasteiger partial charge in [0.2, 0.25) is 0 Å². The number of nitrogens with zero attached hydrogens (tertiary/aromatic N) is 2. The van der Waals surface area contributed by atoms with Gasteiger partial charge in [0.05, 0.1) is 28.9 Å². The number of benzene rings is 3. The largest absolute Gasteiger partial charge is 0.467 e. The molecule has 2 aliphatic rings. The van der Waals surface area contributed by atoms with Gasteiger partial charge in [0.15, 0.2) is 18.3 Å². The van der Waals surface area contributed by atoms with Gasteiger partial charge < -0.3 is 19.6 Å². The summed E-state index contributed by atoms with van der Waals surface area (Å²) in [5.74, 6) is -1.07. The van der Waals surface area contributed by atoms with E-state index in [-0.39, 0.29) is 52.4 Å². The molecule has 0 atom stereocenters. The SMILES string of the molecule is O=C(c1ccc2c(c1)/C(=N\O)C(=O)N2Cc1cc(F)cc2c1OCOC2)c1cccc(Cl)c1Cl. The molecule has 0 radical (unpaired) electrons. The van der Waals surface area contributed by atoms with Crippen molar-refractivity contribution >= 4 is 46.3 Å². The second-order valence-corrected chi connectivity index (χ2v) is 8.45. The maximum atomic E-state index is 14.2. The first-order valence-electron chi connectivity index (χ1n) is 10.1. The molecule has 1 N–H and O–H groups in total. The molecule has 0 aliphatic carbocycles. The highest BCUT2D eigenvalue weighted by atomic mass is 35.5. The number of halogens is 3. The summed E-state index contributed by atoms with van der Waals surface area (Å²) in [6.45, 7) is 0.154. The molecule has 0 spiro atoms. The number of anilines is 1. The standard InChI is InChI=1S/C24H15Cl2FN2O5/c25-18-3-1-2-16(20(18)26)22(30)12-4-5-19-17(8-12)21(28-32)24(31)29(19)9-13-6-15(27)7-14-10-33-11-34-23(13)14/h1-8,32H,9-11H2/b28-21+. The van der Waals surface area contributed by atoms with Gasteiger partial charge in [0.1, 0.15) is 11.6 Å². The van der Waals surface area contributed by atoms with Gasteiger partial charge in [-0.05, 0) is 42.5 Å². The number of ether oxygens (including phenoxy) is 2. The van der Waals surface area contributed by atoms with E-state index < -0.39 is 17.5 Å². The Balaban J connectivity index is 1.54. The van der Waals surface area contributed by atoms with Crippen molar-refractivity contribution in [2.75, 3.05) is 11.7 Å². The predicted molar refractivity (Wildman–Crippen MR) is 123 cm³/mol. The van der Waals surface area contributed by atoms with Crippen molar-refractivity contribution in [3.63, 3.8) is 0 Å². The number of amides is 1. The summed E-state index contributed by atoms with van der Waals surface area (Å²) in [6.07, 6.45) is 0. The van der Waals surface area contributed by atoms with Crippen LogP contribution in [0.15, 0.2) is 53.7 Å². The molecule has 3 aromatic rings. The fourth-order valence-electron chi connectivity index (χ4n) is 4.09. The zero-order valence-corrected chi connectivity index (χ0v) is 18.9. The smallest absolute Gasteiger partial charge is 0.281 e. The Morgan fingerprint density at radius 1 is 1.18 bits per heavy atom. The molecule has 0 saturated carbocycles. The van der Waals surface area contributed by atoms with Crippen molar-refractivity contribution in [2.24, 2.45) is 5.16 Å². The molecular weight excluding hydrogens is 486 g/mol. The lowest BCUT2D eigenvalue weighted by Gasteiger charge is -2.24. The predicted octanol–water partition coefficient (Wildman–Crippen LogP) is 4.96. The molecule has 7 nitrogen and oxygen atoms in total. The second-order valence-electron chi connectivity index (χ2n) is 7.67. The molecule has 1 amide bonds. The summed E-state index contributed by atoms with van der Waals surface area (Å²) >= 11 is 12.2. The number of fused-ring (bicyclic) bond motifs is 2. The van der Waals surface area contributed by atoms with Gasteiger partial charge in [0.25, 0.3) is 5.91 Å². The molecule has 0 unspecified atom stereocenters. The lowest BCUT2D eigenvalue weighted by Crippen LogP contribution is -2.30. The van der Waals surface area contributed by atoms with E-state index in [1.165, 1.54) is 29.2 Å². The summed E-state index contributed by atoms with van der Waals surface area (Å²) in [4.78, 5) is 27.4. The van der Waals surface area contributed by atoms with Crippen LogP contribution in [0.25, 0.3) is 0 Å². The fourth-order valence-corrected chi connectivity index (χ4v) is 4.47. The van der Waals surface area contributed by atoms with Crippen LogP contribution in [0.4, 0.5) is 10.1 Å². The number of hydrogen-bond acceptors (Lipinski definition) is 6. The van der Waals surface area contributed by atoms with Crippen LogP contribution in [0.2, 0.25) is 10.0 Å². The van der Waals surface area contributed by atoms with E-state index in [2.05, 4.69) is 5.16 Å². The molecule has 10 heteroatoms. The number of oxime groups is 1. The Labute approximate surface area is 202 Å². The normalized spacial score (nSPS) is 15.8. The molecule has 2 aliphatic heterocycles. The summed E-state index contributed by atoms with van der Waals surface area (Å²) in [6, 6.07) is 11.9. The highest BCUT2D eigenvalue weighted by molar-refractivity contribution is 6.54. The topological polar surface area (TPSA) is 88.4 Å². The highest BCUT2D eigenvalue weighted by Crippen LogP contribution is 2.36. The minimum atomic E-state index is -0.604. The van der Waals surface area contributed by atoms with Crippen LogP contribution in [-0.4, -0.2) is 29.4 Å². The Morgan fingerprint density at radius 2 is 2.00 bits per heavy atom. The van der Waals surface area contributed by atoms with Crippen LogP contribution in [0.1, 0.15) is 32.6 Å². The first kappa shape index (κ1) is 22.3. The molecule has 0 fully saturated rings. The van der Waals surface area contributed by atoms with Gasteiger partial charge in [-0.3, -0.25) is 9.59 Å². The average Bonchev–Trinajstić information content (AvgIpc) is 3.10. The molecule has 172 valence electrons. The number of carbonyl (C=O) groups excluding carboxylic acids is 2. The molecule has 34 heavy (non-hydrogen) atoms. The number of ketones is 1. The van der Waals surface area contributed by atoms with Crippen molar-refractivity contribution in [1.82, 2.24) is 0 Å². The van der Waals surface area contributed by atoms with Crippen LogP contribution >= 0.6 is 23.2 Å². The fraction of sp³-hybridized carbons (Fsp3) is 0.125. The minimum absolute atomic E-state index is 0.0110. The first-order valence-corrected chi connectivity index (χ1v) is 10.8. The summed E-state index contributed by atoms with van der Waals surface area (Å²) < 4.78 is 24.9. The molecule has 2 heterocycles. The zero-order chi connectivity index (χ0) is 24.0. The second kappa shape index (κ2) is 8.72. The lowest BCUT2D eigenvalue weighted by atomic mass is 9.99. The van der Waals surface area contributed by atoms with Crippen LogP contribution in [0, 0.1) is 5.82 Å². The average molecular weight is 501 g/mol. The van der Waals surface area contributed by atoms with E-state index in [4.69, 9.17) is 32.7 Å². The van der Waals surface area contributed by atoms with Crippen molar-refractivity contribution in [2.45, 2.75) is 13.2 Å². The van der Waals surface area contributed by atoms with Crippen LogP contribution in [0.3, 0.4) is 0 Å². The van der Waals surface area contributed by atoms with Gasteiger partial charge in [-0.15, -0.1) is 0 Å². The number of carbonyl (C=O) groups is 2. The van der Waals surface area contributed by atoms with Crippen LogP contribution in [-0.2, 0) is 22.7 Å². The summed E-state index contributed by atoms with van der Waals surface area (Å²) in [5.41, 5.74) is 1.80. The highest BCUT2D eigenvalue weighted by Gasteiger charge is 2.36. The first-order chi connectivity index (χ1) is 16.4. The summed E-state index contributed by atoms with van der Waals surface area (Å²) in [5, 5.41) is 13.0. The molecule has 5 rings (SSSR count). The third kappa shape index (κ3) is 3.69. The van der Waals surface area contributed by atoms with Crippen LogP contribution in [0.5, 0.6) is 5.75 Å². The maximum Gasteiger partial charge on any atom is 0.281 e. The third-order valence-corrected chi connectivity index (χ3v) is 6.45. The van der Waals surface area contributed by atoms with Crippen molar-refractivity contribution < 1.29 is 28.7 Å². The van der Waals surface area contributed by atoms with Gasteiger partial charge in [-0.1, -0.05) is 34.4 Å². The van der Waals surface area contributed by atoms with E-state index in [1.54, 1.807) is 24.3 Å². The molecule has 0 aromatic heterocycles. The van der Waals surface area contributed by atoms with Crippen molar-refractivity contribution in [1.29, 1.82) is 0 Å². The molecule has 3 aromatic carbocycles. The number of rotatable bonds is 4. The van der Waals surface area contributed by atoms with E-state index in [1.807, 2.05) is 0 Å². The van der Waals surface area contributed by atoms with E-state index in [0.29, 0.717) is 22.6 Å². The molecular formula is C24H15Cl2FN2O5. The Kier molecular flexibility index (Phi) is 5.73. The third-order valence-electron chi connectivity index (χ3n) is 5.63. The van der Waals surface area contributed by atoms with Crippen LogP contribution < -0.4 is 9.64 Å². The monoisotopic (exact) mass is 500 g/mol. The van der Waals surface area contributed by atoms with Gasteiger partial charge in [-0.2, -0.15) is 0 Å². The van der Waals surface area contributed by atoms with E-state index in [0.717, 1.165) is 0 Å². The molecule has 0 bridgehead atoms. The summed E-state index contributed by atoms with van der Waals surface area (Å²) in [7, 11) is 0. The van der Waals surface area contributed by atoms with Gasteiger partial charge in [0, 0.05) is 27.8 Å². The maximum absolute atomic E-state index is 14.2. The lowest BCUT2D eigenvalue weighted by molar-refractivity contribution is -0.112. The number of hydrogen-bond donors (Lipinski definition) is 1. The van der Waals surface area contributed by atoms with E-state index >= 15 is 0 Å². The van der Waals surface area contributed by atoms with E-state index in [9.17, 15) is 19.2 Å². The van der Waals surface area contributed by atoms with Gasteiger partial charge in [-0.25, -0.2) is 4.39 Å². The molecule has 0 saturated heterocycles. The minimum Gasteiger partial charge on any atom is -0.467 e. The Hall–Kier alpha value is -3.46. The Morgan fingerprint density at radius 3 is 2.79 bits per heavy atom. The van der Waals surface area contributed by atoms with Crippen molar-refractivity contribution in [3.8, 4) is 5.75 Å². The Bertz CT molecular complexity index is 1390. The zero-order valence-electron chi connectivity index (χ0n) is 17.3. The van der Waals surface area contributed by atoms with Crippen molar-refractivity contribution in [3.05, 3.63) is 92.2 Å². The van der Waals surface area contributed by atoms with Gasteiger partial charge >= 0.3 is 0 Å². The quantitative estimate of drug-likeness (QED) is 0.311.